The van der Waals surface area contributed by atoms with Gasteiger partial charge in [-0.3, -0.25) is 4.79 Å². The summed E-state index contributed by atoms with van der Waals surface area (Å²) in [5.41, 5.74) is 2.77. The van der Waals surface area contributed by atoms with Gasteiger partial charge in [0, 0.05) is 35.3 Å². The smallest absolute Gasteiger partial charge is 0.257 e. The van der Waals surface area contributed by atoms with Gasteiger partial charge in [-0.2, -0.15) is 0 Å². The van der Waals surface area contributed by atoms with Crippen LogP contribution in [0, 0.1) is 13.8 Å². The summed E-state index contributed by atoms with van der Waals surface area (Å²) < 4.78 is 5.25. The van der Waals surface area contributed by atoms with E-state index in [-0.39, 0.29) is 5.91 Å². The van der Waals surface area contributed by atoms with E-state index < -0.39 is 0 Å². The molecule has 2 rings (SSSR count). The fourth-order valence-electron chi connectivity index (χ4n) is 2.05. The van der Waals surface area contributed by atoms with E-state index in [0.29, 0.717) is 13.2 Å². The number of hydrogen-bond acceptors (Lipinski definition) is 4. The van der Waals surface area contributed by atoms with Crippen LogP contribution >= 0.6 is 23.1 Å². The normalized spacial score (nSPS) is 13.8. The first-order valence-corrected chi connectivity index (χ1v) is 8.73. The highest BCUT2D eigenvalue weighted by molar-refractivity contribution is 8.03. The molecule has 20 heavy (non-hydrogen) atoms. The number of carbonyl (C=O) groups excluding carboxylic acids is 1. The van der Waals surface area contributed by atoms with Crippen LogP contribution in [0.3, 0.4) is 0 Å². The average Bonchev–Trinajstić information content (AvgIpc) is 2.73. The van der Waals surface area contributed by atoms with Gasteiger partial charge in [-0.25, -0.2) is 0 Å². The van der Waals surface area contributed by atoms with E-state index in [9.17, 15) is 4.79 Å². The Balaban J connectivity index is 1.91. The number of fused-ring (bicyclic) bond motifs is 1. The predicted molar refractivity (Wildman–Crippen MR) is 87.2 cm³/mol. The van der Waals surface area contributed by atoms with Crippen molar-refractivity contribution in [1.82, 2.24) is 5.32 Å². The molecule has 110 valence electrons. The van der Waals surface area contributed by atoms with Crippen molar-refractivity contribution in [3.05, 3.63) is 25.8 Å². The number of thiophene rings is 1. The van der Waals surface area contributed by atoms with E-state index in [2.05, 4.69) is 19.2 Å². The average molecular weight is 311 g/mol. The highest BCUT2D eigenvalue weighted by atomic mass is 32.2. The minimum Gasteiger partial charge on any atom is -0.382 e. The summed E-state index contributed by atoms with van der Waals surface area (Å²) in [4.78, 5) is 15.5. The van der Waals surface area contributed by atoms with Crippen molar-refractivity contribution in [1.29, 1.82) is 0 Å². The van der Waals surface area contributed by atoms with Crippen LogP contribution in [0.15, 0.2) is 4.91 Å². The molecule has 0 fully saturated rings. The summed E-state index contributed by atoms with van der Waals surface area (Å²) >= 11 is 3.42. The summed E-state index contributed by atoms with van der Waals surface area (Å²) in [6, 6.07) is 0. The highest BCUT2D eigenvalue weighted by Crippen LogP contribution is 2.39. The van der Waals surface area contributed by atoms with Gasteiger partial charge in [0.15, 0.2) is 0 Å². The van der Waals surface area contributed by atoms with E-state index in [4.69, 9.17) is 4.74 Å². The second-order valence-corrected chi connectivity index (χ2v) is 7.00. The molecule has 5 heteroatoms. The van der Waals surface area contributed by atoms with E-state index in [0.717, 1.165) is 23.7 Å². The Bertz CT molecular complexity index is 520. The van der Waals surface area contributed by atoms with Gasteiger partial charge in [0.1, 0.15) is 0 Å². The molecule has 1 amide bonds. The van der Waals surface area contributed by atoms with Crippen molar-refractivity contribution < 1.29 is 9.53 Å². The van der Waals surface area contributed by atoms with Crippen LogP contribution in [0.5, 0.6) is 0 Å². The number of carbonyl (C=O) groups is 1. The molecule has 1 aromatic rings. The standard InChI is InChI=1S/C15H21NO2S2/c1-4-18-7-5-6-16-15(17)14-8-13-12(9-19-14)10(2)11(3)20-13/h8H,4-7,9H2,1-3H3,(H,16,17). The van der Waals surface area contributed by atoms with Gasteiger partial charge in [-0.1, -0.05) is 0 Å². The van der Waals surface area contributed by atoms with E-state index in [1.807, 2.05) is 13.0 Å². The molecular formula is C15H21NO2S2. The lowest BCUT2D eigenvalue weighted by atomic mass is 10.1. The topological polar surface area (TPSA) is 38.3 Å². The molecule has 3 nitrogen and oxygen atoms in total. The van der Waals surface area contributed by atoms with Crippen molar-refractivity contribution in [3.8, 4) is 0 Å². The predicted octanol–water partition coefficient (Wildman–Crippen LogP) is 3.50. The molecule has 0 spiro atoms. The first-order valence-electron chi connectivity index (χ1n) is 6.92. The molecule has 0 saturated carbocycles. The third kappa shape index (κ3) is 3.65. The number of ether oxygens (including phenoxy) is 1. The Kier molecular flexibility index (Phi) is 5.69. The van der Waals surface area contributed by atoms with Crippen LogP contribution in [0.1, 0.15) is 34.2 Å². The number of amides is 1. The highest BCUT2D eigenvalue weighted by Gasteiger charge is 2.20. The maximum atomic E-state index is 12.1. The molecule has 1 N–H and O–H groups in total. The lowest BCUT2D eigenvalue weighted by Gasteiger charge is -2.13. The quantitative estimate of drug-likeness (QED) is 0.817. The van der Waals surface area contributed by atoms with E-state index in [1.54, 1.807) is 23.1 Å². The molecule has 1 aromatic heterocycles. The molecule has 0 bridgehead atoms. The number of rotatable bonds is 6. The SMILES string of the molecule is CCOCCCNC(=O)C1=Cc2sc(C)c(C)c2CS1. The van der Waals surface area contributed by atoms with Gasteiger partial charge >= 0.3 is 0 Å². The summed E-state index contributed by atoms with van der Waals surface area (Å²) in [6.07, 6.45) is 2.89. The Hall–Kier alpha value is -0.780. The van der Waals surface area contributed by atoms with Crippen LogP contribution in [0.2, 0.25) is 0 Å². The zero-order valence-electron chi connectivity index (χ0n) is 12.2. The lowest BCUT2D eigenvalue weighted by molar-refractivity contribution is -0.116. The van der Waals surface area contributed by atoms with Crippen molar-refractivity contribution in [2.45, 2.75) is 32.9 Å². The first kappa shape index (κ1) is 15.6. The van der Waals surface area contributed by atoms with Gasteiger partial charge in [0.2, 0.25) is 0 Å². The van der Waals surface area contributed by atoms with Gasteiger partial charge in [0.25, 0.3) is 5.91 Å². The van der Waals surface area contributed by atoms with Gasteiger partial charge in [0.05, 0.1) is 4.91 Å². The first-order chi connectivity index (χ1) is 9.63. The van der Waals surface area contributed by atoms with Crippen molar-refractivity contribution in [3.63, 3.8) is 0 Å². The zero-order chi connectivity index (χ0) is 14.5. The maximum Gasteiger partial charge on any atom is 0.257 e. The molecule has 0 aliphatic carbocycles. The summed E-state index contributed by atoms with van der Waals surface area (Å²) in [6.45, 7) is 8.39. The maximum absolute atomic E-state index is 12.1. The van der Waals surface area contributed by atoms with Crippen LogP contribution in [0.4, 0.5) is 0 Å². The van der Waals surface area contributed by atoms with Crippen molar-refractivity contribution in [2.24, 2.45) is 0 Å². The monoisotopic (exact) mass is 311 g/mol. The molecule has 0 saturated heterocycles. The number of nitrogens with one attached hydrogen (secondary N) is 1. The van der Waals surface area contributed by atoms with Crippen LogP contribution in [0.25, 0.3) is 6.08 Å². The van der Waals surface area contributed by atoms with Crippen LogP contribution in [-0.4, -0.2) is 25.7 Å². The Morgan fingerprint density at radius 1 is 1.45 bits per heavy atom. The fraction of sp³-hybridized carbons (Fsp3) is 0.533. The number of hydrogen-bond donors (Lipinski definition) is 1. The summed E-state index contributed by atoms with van der Waals surface area (Å²) in [7, 11) is 0. The molecule has 1 aliphatic heterocycles. The molecule has 0 radical (unpaired) electrons. The Morgan fingerprint density at radius 3 is 3.00 bits per heavy atom. The van der Waals surface area contributed by atoms with E-state index >= 15 is 0 Å². The third-order valence-electron chi connectivity index (χ3n) is 3.35. The molecular weight excluding hydrogens is 290 g/mol. The second kappa shape index (κ2) is 7.29. The van der Waals surface area contributed by atoms with Gasteiger partial charge < -0.3 is 10.1 Å². The minimum absolute atomic E-state index is 0.0425. The summed E-state index contributed by atoms with van der Waals surface area (Å²) in [5, 5.41) is 2.96. The molecule has 0 aromatic carbocycles. The molecule has 0 atom stereocenters. The second-order valence-electron chi connectivity index (χ2n) is 4.73. The van der Waals surface area contributed by atoms with Crippen molar-refractivity contribution in [2.75, 3.05) is 19.8 Å². The fourth-order valence-corrected chi connectivity index (χ4v) is 4.42. The molecule has 2 heterocycles. The van der Waals surface area contributed by atoms with Gasteiger partial charge in [-0.05, 0) is 44.4 Å². The zero-order valence-corrected chi connectivity index (χ0v) is 13.9. The third-order valence-corrected chi connectivity index (χ3v) is 5.60. The van der Waals surface area contributed by atoms with Gasteiger partial charge in [-0.15, -0.1) is 23.1 Å². The van der Waals surface area contributed by atoms with Crippen LogP contribution < -0.4 is 5.32 Å². The Morgan fingerprint density at radius 2 is 2.25 bits per heavy atom. The van der Waals surface area contributed by atoms with Crippen molar-refractivity contribution >= 4 is 35.1 Å². The van der Waals surface area contributed by atoms with Crippen LogP contribution in [-0.2, 0) is 15.3 Å². The minimum atomic E-state index is 0.0425. The largest absolute Gasteiger partial charge is 0.382 e. The number of aryl methyl sites for hydroxylation is 1. The lowest BCUT2D eigenvalue weighted by Crippen LogP contribution is -2.26. The van der Waals surface area contributed by atoms with E-state index in [1.165, 1.54) is 20.9 Å². The molecule has 1 aliphatic rings. The Labute approximate surface area is 128 Å². The number of thioether (sulfide) groups is 1. The summed E-state index contributed by atoms with van der Waals surface area (Å²) in [5.74, 6) is 0.949. The molecule has 0 unspecified atom stereocenters.